The molecule has 1 aliphatic carbocycles. The second-order valence-electron chi connectivity index (χ2n) is 6.35. The van der Waals surface area contributed by atoms with E-state index in [1.807, 2.05) is 0 Å². The maximum Gasteiger partial charge on any atom is 0.223 e. The van der Waals surface area contributed by atoms with Crippen LogP contribution < -0.4 is 5.32 Å². The normalized spacial score (nSPS) is 31.8. The minimum absolute atomic E-state index is 0.0249. The molecule has 1 unspecified atom stereocenters. The Balaban J connectivity index is 2.46. The number of carbonyl (C=O) groups is 1. The molecule has 94 valence electrons. The first kappa shape index (κ1) is 13.5. The molecule has 0 radical (unpaired) electrons. The van der Waals surface area contributed by atoms with Crippen molar-refractivity contribution in [1.82, 2.24) is 5.32 Å². The van der Waals surface area contributed by atoms with Gasteiger partial charge in [0.15, 0.2) is 0 Å². The molecule has 1 rings (SSSR count). The predicted octanol–water partition coefficient (Wildman–Crippen LogP) is 3.07. The number of halogens is 1. The molecule has 1 fully saturated rings. The van der Waals surface area contributed by atoms with Gasteiger partial charge in [-0.25, -0.2) is 4.39 Å². The van der Waals surface area contributed by atoms with E-state index in [9.17, 15) is 9.18 Å². The molecular weight excluding hydrogens is 205 g/mol. The molecule has 1 atom stereocenters. The summed E-state index contributed by atoms with van der Waals surface area (Å²) < 4.78 is 13.3. The average molecular weight is 229 g/mol. The van der Waals surface area contributed by atoms with Crippen molar-refractivity contribution >= 4 is 5.91 Å². The Labute approximate surface area is 98.0 Å². The minimum Gasteiger partial charge on any atom is -0.353 e. The van der Waals surface area contributed by atoms with E-state index >= 15 is 0 Å². The van der Waals surface area contributed by atoms with Gasteiger partial charge in [-0.15, -0.1) is 0 Å². The van der Waals surface area contributed by atoms with Crippen LogP contribution >= 0.6 is 0 Å². The average Bonchev–Trinajstić information content (AvgIpc) is 2.07. The van der Waals surface area contributed by atoms with E-state index in [1.54, 1.807) is 6.92 Å². The van der Waals surface area contributed by atoms with Gasteiger partial charge < -0.3 is 5.32 Å². The van der Waals surface area contributed by atoms with Gasteiger partial charge in [-0.3, -0.25) is 4.79 Å². The highest BCUT2D eigenvalue weighted by atomic mass is 19.1. The third kappa shape index (κ3) is 3.19. The lowest BCUT2D eigenvalue weighted by Crippen LogP contribution is -2.51. The van der Waals surface area contributed by atoms with Crippen molar-refractivity contribution in [3.63, 3.8) is 0 Å². The molecule has 2 nitrogen and oxygen atoms in total. The Hall–Kier alpha value is -0.600. The number of rotatable bonds is 3. The second-order valence-corrected chi connectivity index (χ2v) is 6.35. The van der Waals surface area contributed by atoms with Crippen molar-refractivity contribution in [3.05, 3.63) is 0 Å². The van der Waals surface area contributed by atoms with E-state index in [4.69, 9.17) is 0 Å². The van der Waals surface area contributed by atoms with Gasteiger partial charge in [0.2, 0.25) is 5.91 Å². The summed E-state index contributed by atoms with van der Waals surface area (Å²) in [6.45, 7) is 9.97. The molecule has 1 N–H and O–H groups in total. The summed E-state index contributed by atoms with van der Waals surface area (Å²) >= 11 is 0. The molecule has 1 saturated carbocycles. The molecule has 0 aromatic heterocycles. The van der Waals surface area contributed by atoms with Crippen LogP contribution in [0.4, 0.5) is 4.39 Å². The lowest BCUT2D eigenvalue weighted by molar-refractivity contribution is -0.134. The molecule has 0 aromatic carbocycles. The highest BCUT2D eigenvalue weighted by Crippen LogP contribution is 2.41. The summed E-state index contributed by atoms with van der Waals surface area (Å²) in [5.74, 6) is -0.0942. The number of alkyl halides is 1. The zero-order chi connectivity index (χ0) is 12.6. The Morgan fingerprint density at radius 3 is 2.31 bits per heavy atom. The fourth-order valence-electron chi connectivity index (χ4n) is 2.37. The van der Waals surface area contributed by atoms with Crippen molar-refractivity contribution in [2.45, 2.75) is 65.6 Å². The number of hydrogen-bond donors (Lipinski definition) is 1. The fourth-order valence-corrected chi connectivity index (χ4v) is 2.37. The molecular formula is C13H24FNO. The molecule has 1 aliphatic rings. The van der Waals surface area contributed by atoms with Crippen molar-refractivity contribution in [3.8, 4) is 0 Å². The Morgan fingerprint density at radius 2 is 2.00 bits per heavy atom. The molecule has 0 saturated heterocycles. The SMILES string of the molecule is CCC(NC(=O)C1CC(C)(F)C1)C(C)(C)C. The van der Waals surface area contributed by atoms with E-state index in [-0.39, 0.29) is 23.3 Å². The molecule has 0 aromatic rings. The van der Waals surface area contributed by atoms with Crippen LogP contribution in [-0.4, -0.2) is 17.6 Å². The van der Waals surface area contributed by atoms with Gasteiger partial charge in [0.05, 0.1) is 0 Å². The summed E-state index contributed by atoms with van der Waals surface area (Å²) in [7, 11) is 0. The van der Waals surface area contributed by atoms with Gasteiger partial charge >= 0.3 is 0 Å². The largest absolute Gasteiger partial charge is 0.353 e. The van der Waals surface area contributed by atoms with E-state index in [0.29, 0.717) is 12.8 Å². The van der Waals surface area contributed by atoms with Gasteiger partial charge in [0.1, 0.15) is 5.67 Å². The summed E-state index contributed by atoms with van der Waals surface area (Å²) in [6.07, 6.45) is 1.66. The first-order valence-corrected chi connectivity index (χ1v) is 6.15. The highest BCUT2D eigenvalue weighted by Gasteiger charge is 2.44. The van der Waals surface area contributed by atoms with E-state index in [0.717, 1.165) is 6.42 Å². The zero-order valence-electron chi connectivity index (χ0n) is 11.1. The Morgan fingerprint density at radius 1 is 1.50 bits per heavy atom. The lowest BCUT2D eigenvalue weighted by atomic mass is 9.72. The summed E-state index contributed by atoms with van der Waals surface area (Å²) in [6, 6.07) is 0.173. The third-order valence-electron chi connectivity index (χ3n) is 3.48. The smallest absolute Gasteiger partial charge is 0.223 e. The standard InChI is InChI=1S/C13H24FNO/c1-6-10(12(2,3)4)15-11(16)9-7-13(5,14)8-9/h9-10H,6-8H2,1-5H3,(H,15,16). The Bertz CT molecular complexity index is 260. The van der Waals surface area contributed by atoms with E-state index in [1.165, 1.54) is 0 Å². The summed E-state index contributed by atoms with van der Waals surface area (Å²) in [4.78, 5) is 11.9. The van der Waals surface area contributed by atoms with Gasteiger partial charge in [-0.2, -0.15) is 0 Å². The first-order chi connectivity index (χ1) is 7.15. The van der Waals surface area contributed by atoms with Crippen LogP contribution in [0.3, 0.4) is 0 Å². The first-order valence-electron chi connectivity index (χ1n) is 6.15. The number of carbonyl (C=O) groups excluding carboxylic acids is 1. The van der Waals surface area contributed by atoms with Crippen molar-refractivity contribution in [2.75, 3.05) is 0 Å². The molecule has 3 heteroatoms. The van der Waals surface area contributed by atoms with Crippen molar-refractivity contribution in [1.29, 1.82) is 0 Å². The summed E-state index contributed by atoms with van der Waals surface area (Å²) in [5.41, 5.74) is -1.06. The van der Waals surface area contributed by atoms with E-state index < -0.39 is 5.67 Å². The molecule has 0 bridgehead atoms. The monoisotopic (exact) mass is 229 g/mol. The topological polar surface area (TPSA) is 29.1 Å². The van der Waals surface area contributed by atoms with Crippen LogP contribution in [0.2, 0.25) is 0 Å². The van der Waals surface area contributed by atoms with E-state index in [2.05, 4.69) is 33.0 Å². The number of hydrogen-bond acceptors (Lipinski definition) is 1. The van der Waals surface area contributed by atoms with Crippen LogP contribution in [0.1, 0.15) is 53.9 Å². The fraction of sp³-hybridized carbons (Fsp3) is 0.923. The molecule has 0 aliphatic heterocycles. The quantitative estimate of drug-likeness (QED) is 0.791. The minimum atomic E-state index is -1.12. The van der Waals surface area contributed by atoms with Crippen LogP contribution in [0, 0.1) is 11.3 Å². The van der Waals surface area contributed by atoms with Crippen LogP contribution in [0.15, 0.2) is 0 Å². The molecule has 0 spiro atoms. The maximum absolute atomic E-state index is 13.3. The highest BCUT2D eigenvalue weighted by molar-refractivity contribution is 5.80. The maximum atomic E-state index is 13.3. The lowest BCUT2D eigenvalue weighted by Gasteiger charge is -2.39. The van der Waals surface area contributed by atoms with Gasteiger partial charge in [0.25, 0.3) is 0 Å². The predicted molar refractivity (Wildman–Crippen MR) is 63.9 cm³/mol. The second kappa shape index (κ2) is 4.34. The van der Waals surface area contributed by atoms with Gasteiger partial charge in [-0.05, 0) is 31.6 Å². The number of amides is 1. The Kier molecular flexibility index (Phi) is 3.65. The number of nitrogens with one attached hydrogen (secondary N) is 1. The van der Waals surface area contributed by atoms with Crippen molar-refractivity contribution < 1.29 is 9.18 Å². The molecule has 16 heavy (non-hydrogen) atoms. The van der Waals surface area contributed by atoms with Crippen LogP contribution in [0.5, 0.6) is 0 Å². The van der Waals surface area contributed by atoms with Crippen molar-refractivity contribution in [2.24, 2.45) is 11.3 Å². The van der Waals surface area contributed by atoms with Gasteiger partial charge in [-0.1, -0.05) is 27.7 Å². The van der Waals surface area contributed by atoms with Crippen LogP contribution in [0.25, 0.3) is 0 Å². The van der Waals surface area contributed by atoms with Gasteiger partial charge in [0, 0.05) is 12.0 Å². The molecule has 0 heterocycles. The third-order valence-corrected chi connectivity index (χ3v) is 3.48. The zero-order valence-corrected chi connectivity index (χ0v) is 11.1. The summed E-state index contributed by atoms with van der Waals surface area (Å²) in [5, 5.41) is 3.04. The molecule has 1 amide bonds. The van der Waals surface area contributed by atoms with Crippen LogP contribution in [-0.2, 0) is 4.79 Å².